The normalized spacial score (nSPS) is 13.8. The summed E-state index contributed by atoms with van der Waals surface area (Å²) in [4.78, 5) is 12.7. The minimum absolute atomic E-state index is 0.262. The first-order chi connectivity index (χ1) is 8.68. The molecule has 0 bridgehead atoms. The maximum Gasteiger partial charge on any atom is 0.335 e. The Morgan fingerprint density at radius 1 is 1.11 bits per heavy atom. The van der Waals surface area contributed by atoms with Crippen molar-refractivity contribution >= 4 is 11.8 Å². The van der Waals surface area contributed by atoms with Gasteiger partial charge in [-0.15, -0.1) is 0 Å². The van der Waals surface area contributed by atoms with Crippen molar-refractivity contribution in [3.63, 3.8) is 0 Å². The standard InChI is InChI=1S/C12H14N2O2.C2H6/c13-11(14-7-1-2-8-14)9-3-5-10(6-4-9)12(15)16;1-2/h3-6,13H,1-2,7-8H2,(H,15,16);1-2H3. The summed E-state index contributed by atoms with van der Waals surface area (Å²) >= 11 is 0. The van der Waals surface area contributed by atoms with Crippen molar-refractivity contribution in [1.29, 1.82) is 5.41 Å². The smallest absolute Gasteiger partial charge is 0.335 e. The molecule has 0 amide bonds. The van der Waals surface area contributed by atoms with E-state index in [-0.39, 0.29) is 5.56 Å². The predicted molar refractivity (Wildman–Crippen MR) is 72.4 cm³/mol. The number of carboxylic acids is 1. The van der Waals surface area contributed by atoms with E-state index in [1.165, 1.54) is 0 Å². The Kier molecular flexibility index (Phi) is 5.36. The summed E-state index contributed by atoms with van der Waals surface area (Å²) in [5, 5.41) is 16.7. The summed E-state index contributed by atoms with van der Waals surface area (Å²) in [7, 11) is 0. The number of likely N-dealkylation sites (tertiary alicyclic amines) is 1. The molecule has 4 heteroatoms. The summed E-state index contributed by atoms with van der Waals surface area (Å²) in [5.74, 6) is -0.436. The zero-order valence-corrected chi connectivity index (χ0v) is 10.9. The van der Waals surface area contributed by atoms with Crippen LogP contribution in [0.1, 0.15) is 42.6 Å². The minimum atomic E-state index is -0.931. The first-order valence-electron chi connectivity index (χ1n) is 6.36. The van der Waals surface area contributed by atoms with Gasteiger partial charge < -0.3 is 10.0 Å². The Morgan fingerprint density at radius 2 is 1.56 bits per heavy atom. The third-order valence-corrected chi connectivity index (χ3v) is 2.83. The Hall–Kier alpha value is -1.84. The van der Waals surface area contributed by atoms with E-state index in [1.54, 1.807) is 24.3 Å². The second-order valence-electron chi connectivity index (χ2n) is 3.93. The molecule has 2 rings (SSSR count). The Morgan fingerprint density at radius 3 is 2.00 bits per heavy atom. The van der Waals surface area contributed by atoms with Gasteiger partial charge in [-0.2, -0.15) is 0 Å². The summed E-state index contributed by atoms with van der Waals surface area (Å²) in [6.45, 7) is 5.86. The van der Waals surface area contributed by atoms with Crippen LogP contribution in [0.5, 0.6) is 0 Å². The van der Waals surface area contributed by atoms with Gasteiger partial charge in [-0.25, -0.2) is 4.79 Å². The van der Waals surface area contributed by atoms with E-state index in [0.717, 1.165) is 31.5 Å². The average Bonchev–Trinajstić information content (AvgIpc) is 2.94. The van der Waals surface area contributed by atoms with Crippen LogP contribution in [0.15, 0.2) is 24.3 Å². The van der Waals surface area contributed by atoms with Crippen molar-refractivity contribution in [2.24, 2.45) is 0 Å². The molecule has 0 saturated carbocycles. The molecule has 0 aliphatic carbocycles. The molecule has 18 heavy (non-hydrogen) atoms. The average molecular weight is 248 g/mol. The van der Waals surface area contributed by atoms with Crippen molar-refractivity contribution in [2.45, 2.75) is 26.7 Å². The van der Waals surface area contributed by atoms with Gasteiger partial charge in [0, 0.05) is 18.7 Å². The van der Waals surface area contributed by atoms with Gasteiger partial charge in [0.1, 0.15) is 5.84 Å². The van der Waals surface area contributed by atoms with Gasteiger partial charge >= 0.3 is 5.97 Å². The van der Waals surface area contributed by atoms with E-state index in [2.05, 4.69) is 0 Å². The number of hydrogen-bond donors (Lipinski definition) is 2. The molecule has 1 aliphatic heterocycles. The third-order valence-electron chi connectivity index (χ3n) is 2.83. The van der Waals surface area contributed by atoms with Crippen LogP contribution in [0.4, 0.5) is 0 Å². The molecule has 0 unspecified atom stereocenters. The van der Waals surface area contributed by atoms with Crippen LogP contribution in [0.3, 0.4) is 0 Å². The van der Waals surface area contributed by atoms with Crippen LogP contribution in [-0.4, -0.2) is 34.9 Å². The van der Waals surface area contributed by atoms with E-state index in [1.807, 2.05) is 18.7 Å². The van der Waals surface area contributed by atoms with E-state index >= 15 is 0 Å². The van der Waals surface area contributed by atoms with Gasteiger partial charge in [0.25, 0.3) is 0 Å². The number of amidine groups is 1. The van der Waals surface area contributed by atoms with Crippen LogP contribution in [0.2, 0.25) is 0 Å². The second-order valence-corrected chi connectivity index (χ2v) is 3.93. The van der Waals surface area contributed by atoms with E-state index in [9.17, 15) is 4.79 Å². The summed E-state index contributed by atoms with van der Waals surface area (Å²) < 4.78 is 0. The van der Waals surface area contributed by atoms with Crippen LogP contribution in [0, 0.1) is 5.41 Å². The van der Waals surface area contributed by atoms with E-state index in [0.29, 0.717) is 5.84 Å². The van der Waals surface area contributed by atoms with Crippen molar-refractivity contribution in [2.75, 3.05) is 13.1 Å². The Bertz CT molecular complexity index is 406. The molecule has 1 aromatic carbocycles. The van der Waals surface area contributed by atoms with Gasteiger partial charge in [0.15, 0.2) is 0 Å². The lowest BCUT2D eigenvalue weighted by molar-refractivity contribution is 0.0697. The first kappa shape index (κ1) is 14.2. The van der Waals surface area contributed by atoms with Crippen molar-refractivity contribution < 1.29 is 9.90 Å². The topological polar surface area (TPSA) is 64.4 Å². The molecule has 1 fully saturated rings. The van der Waals surface area contributed by atoms with Gasteiger partial charge in [-0.05, 0) is 25.0 Å². The second kappa shape index (κ2) is 6.79. The molecule has 2 N–H and O–H groups in total. The van der Waals surface area contributed by atoms with Gasteiger partial charge in [0.2, 0.25) is 0 Å². The number of rotatable bonds is 2. The number of nitrogens with one attached hydrogen (secondary N) is 1. The summed E-state index contributed by atoms with van der Waals surface area (Å²) in [6, 6.07) is 6.48. The molecule has 4 nitrogen and oxygen atoms in total. The maximum absolute atomic E-state index is 10.7. The van der Waals surface area contributed by atoms with E-state index in [4.69, 9.17) is 10.5 Å². The lowest BCUT2D eigenvalue weighted by Gasteiger charge is -2.18. The predicted octanol–water partition coefficient (Wildman–Crippen LogP) is 2.83. The highest BCUT2D eigenvalue weighted by Crippen LogP contribution is 2.13. The molecule has 1 saturated heterocycles. The Balaban J connectivity index is 0.000000771. The van der Waals surface area contributed by atoms with Gasteiger partial charge in [-0.3, -0.25) is 5.41 Å². The first-order valence-corrected chi connectivity index (χ1v) is 6.36. The molecule has 0 aromatic heterocycles. The quantitative estimate of drug-likeness (QED) is 0.625. The minimum Gasteiger partial charge on any atom is -0.478 e. The summed E-state index contributed by atoms with van der Waals surface area (Å²) in [6.07, 6.45) is 2.27. The van der Waals surface area contributed by atoms with Crippen LogP contribution in [-0.2, 0) is 0 Å². The number of nitrogens with zero attached hydrogens (tertiary/aromatic N) is 1. The van der Waals surface area contributed by atoms with Crippen LogP contribution in [0.25, 0.3) is 0 Å². The lowest BCUT2D eigenvalue weighted by atomic mass is 10.1. The molecule has 0 radical (unpaired) electrons. The number of carboxylic acid groups (broad SMARTS) is 1. The fourth-order valence-electron chi connectivity index (χ4n) is 1.89. The zero-order chi connectivity index (χ0) is 13.5. The molecule has 0 spiro atoms. The molecule has 98 valence electrons. The zero-order valence-electron chi connectivity index (χ0n) is 10.9. The molecular formula is C14H20N2O2. The summed E-state index contributed by atoms with van der Waals surface area (Å²) in [5.41, 5.74) is 1.05. The number of hydrogen-bond acceptors (Lipinski definition) is 2. The van der Waals surface area contributed by atoms with Gasteiger partial charge in [0.05, 0.1) is 5.56 Å². The van der Waals surface area contributed by atoms with E-state index < -0.39 is 5.97 Å². The van der Waals surface area contributed by atoms with Crippen molar-refractivity contribution in [1.82, 2.24) is 4.90 Å². The monoisotopic (exact) mass is 248 g/mol. The SMILES string of the molecule is CC.N=C(c1ccc(C(=O)O)cc1)N1CCCC1. The maximum atomic E-state index is 10.7. The molecule has 1 aromatic rings. The number of benzene rings is 1. The number of aromatic carboxylic acids is 1. The molecule has 1 aliphatic rings. The molecule has 0 atom stereocenters. The highest BCUT2D eigenvalue weighted by atomic mass is 16.4. The highest BCUT2D eigenvalue weighted by molar-refractivity contribution is 5.97. The van der Waals surface area contributed by atoms with Crippen molar-refractivity contribution in [3.8, 4) is 0 Å². The fraction of sp³-hybridized carbons (Fsp3) is 0.429. The highest BCUT2D eigenvalue weighted by Gasteiger charge is 2.16. The van der Waals surface area contributed by atoms with Crippen LogP contribution < -0.4 is 0 Å². The van der Waals surface area contributed by atoms with Gasteiger partial charge in [-0.1, -0.05) is 26.0 Å². The largest absolute Gasteiger partial charge is 0.478 e. The lowest BCUT2D eigenvalue weighted by Crippen LogP contribution is -2.27. The third kappa shape index (κ3) is 3.32. The fourth-order valence-corrected chi connectivity index (χ4v) is 1.89. The Labute approximate surface area is 108 Å². The molecular weight excluding hydrogens is 228 g/mol. The van der Waals surface area contributed by atoms with Crippen LogP contribution >= 0.6 is 0 Å². The molecule has 1 heterocycles. The number of carbonyl (C=O) groups is 1. The van der Waals surface area contributed by atoms with Crippen molar-refractivity contribution in [3.05, 3.63) is 35.4 Å².